The topological polar surface area (TPSA) is 360 Å². The van der Waals surface area contributed by atoms with Crippen LogP contribution in [0.3, 0.4) is 0 Å². The third-order valence-electron chi connectivity index (χ3n) is 10.4. The molecule has 0 saturated heterocycles. The number of aromatic nitrogens is 3. The van der Waals surface area contributed by atoms with Crippen molar-refractivity contribution in [2.24, 2.45) is 17.0 Å². The van der Waals surface area contributed by atoms with Crippen LogP contribution in [-0.2, 0) is 57.7 Å². The van der Waals surface area contributed by atoms with E-state index in [1.165, 1.54) is 0 Å². The van der Waals surface area contributed by atoms with Crippen LogP contribution in [0.25, 0.3) is 10.4 Å². The number of carbonyl (C=O) groups is 7. The van der Waals surface area contributed by atoms with E-state index in [1.807, 2.05) is 26.8 Å². The maximum Gasteiger partial charge on any atom is 0.243 e. The Labute approximate surface area is 404 Å². The Kier molecular flexibility index (Phi) is 30.8. The number of Topliss-reactive ketones (excluding diaryl/α,β-unsaturated/α-hetero) is 1. The van der Waals surface area contributed by atoms with E-state index >= 15 is 0 Å². The average molecular weight is 971 g/mol. The van der Waals surface area contributed by atoms with Gasteiger partial charge in [-0.05, 0) is 49.1 Å². The Hall–Kier alpha value is -6.04. The fourth-order valence-corrected chi connectivity index (χ4v) is 6.89. The summed E-state index contributed by atoms with van der Waals surface area (Å²) in [4.78, 5) is 98.5. The number of amides is 6. The number of benzene rings is 1. The summed E-state index contributed by atoms with van der Waals surface area (Å²) >= 11 is 0. The number of aryl methyl sites for hydroxylation is 1. The molecular formula is C45H78N16O8+2. The number of rotatable bonds is 39. The third kappa shape index (κ3) is 26.9. The van der Waals surface area contributed by atoms with Gasteiger partial charge in [0.2, 0.25) is 35.4 Å². The molecule has 0 radical (unpaired) electrons. The minimum absolute atomic E-state index is 0.0253. The molecule has 0 aliphatic carbocycles. The van der Waals surface area contributed by atoms with E-state index in [0.29, 0.717) is 96.1 Å². The van der Waals surface area contributed by atoms with E-state index in [0.717, 1.165) is 0 Å². The summed E-state index contributed by atoms with van der Waals surface area (Å²) in [5.74, 6) is -5.23. The minimum atomic E-state index is -1.31. The van der Waals surface area contributed by atoms with Gasteiger partial charge in [0.15, 0.2) is 5.78 Å². The van der Waals surface area contributed by atoms with Crippen LogP contribution >= 0.6 is 0 Å². The second-order valence-corrected chi connectivity index (χ2v) is 16.9. The van der Waals surface area contributed by atoms with Crippen LogP contribution in [0.15, 0.2) is 41.6 Å². The fourth-order valence-electron chi connectivity index (χ4n) is 6.89. The van der Waals surface area contributed by atoms with Crippen molar-refractivity contribution < 1.29 is 49.8 Å². The van der Waals surface area contributed by atoms with Gasteiger partial charge < -0.3 is 58.7 Å². The van der Waals surface area contributed by atoms with Crippen molar-refractivity contribution >= 4 is 41.2 Å². The molecule has 24 nitrogen and oxygen atoms in total. The van der Waals surface area contributed by atoms with Crippen LogP contribution in [0.5, 0.6) is 0 Å². The summed E-state index contributed by atoms with van der Waals surface area (Å²) in [5.41, 5.74) is 17.3. The highest BCUT2D eigenvalue weighted by molar-refractivity contribution is 5.98. The predicted octanol–water partition coefficient (Wildman–Crippen LogP) is -2.55. The van der Waals surface area contributed by atoms with Crippen molar-refractivity contribution in [1.82, 2.24) is 57.5 Å². The van der Waals surface area contributed by atoms with Crippen molar-refractivity contribution in [2.75, 3.05) is 78.7 Å². The van der Waals surface area contributed by atoms with Gasteiger partial charge in [0, 0.05) is 82.7 Å². The molecule has 4 atom stereocenters. The molecule has 2 aromatic rings. The summed E-state index contributed by atoms with van der Waals surface area (Å²) in [6.07, 6.45) is 2.30. The first-order valence-corrected chi connectivity index (χ1v) is 24.0. The van der Waals surface area contributed by atoms with Crippen LogP contribution in [0.2, 0.25) is 0 Å². The minimum Gasteiger partial charge on any atom is -0.379 e. The average Bonchev–Trinajstić information content (AvgIpc) is 3.78. The number of quaternary nitrogens is 2. The van der Waals surface area contributed by atoms with Crippen molar-refractivity contribution in [3.63, 3.8) is 0 Å². The van der Waals surface area contributed by atoms with E-state index < -0.39 is 78.6 Å². The molecular weight excluding hydrogens is 893 g/mol. The number of nitrogens with one attached hydrogen (secondary N) is 8. The van der Waals surface area contributed by atoms with Crippen molar-refractivity contribution in [2.45, 2.75) is 103 Å². The first-order chi connectivity index (χ1) is 33.3. The summed E-state index contributed by atoms with van der Waals surface area (Å²) in [6.45, 7) is 11.3. The Balaban J connectivity index is 2.28. The molecule has 1 aromatic carbocycles. The van der Waals surface area contributed by atoms with Crippen molar-refractivity contribution in [3.8, 4) is 0 Å². The second kappa shape index (κ2) is 36.0. The zero-order valence-electron chi connectivity index (χ0n) is 40.8. The lowest BCUT2D eigenvalue weighted by Gasteiger charge is -2.26. The Morgan fingerprint density at radius 1 is 0.754 bits per heavy atom. The van der Waals surface area contributed by atoms with Crippen LogP contribution in [0, 0.1) is 11.8 Å². The van der Waals surface area contributed by atoms with Gasteiger partial charge in [0.1, 0.15) is 12.1 Å². The molecule has 384 valence electrons. The normalized spacial score (nSPS) is 12.7. The van der Waals surface area contributed by atoms with Gasteiger partial charge in [-0.1, -0.05) is 61.4 Å². The highest BCUT2D eigenvalue weighted by Crippen LogP contribution is 2.16. The lowest BCUT2D eigenvalue weighted by atomic mass is 9.91. The van der Waals surface area contributed by atoms with Gasteiger partial charge in [-0.2, -0.15) is 0 Å². The number of carbonyl (C=O) groups excluding carboxylic acids is 7. The summed E-state index contributed by atoms with van der Waals surface area (Å²) in [7, 11) is 0. The van der Waals surface area contributed by atoms with Gasteiger partial charge >= 0.3 is 0 Å². The molecule has 69 heavy (non-hydrogen) atoms. The number of hydrogen-bond donors (Lipinski definition) is 10. The highest BCUT2D eigenvalue weighted by Gasteiger charge is 2.34. The number of nitrogens with zero attached hydrogens (tertiary/aromatic N) is 6. The molecule has 1 heterocycles. The van der Waals surface area contributed by atoms with Gasteiger partial charge in [-0.3, -0.25) is 33.6 Å². The molecule has 24 heteroatoms. The summed E-state index contributed by atoms with van der Waals surface area (Å²) in [6, 6.07) is 5.48. The monoisotopic (exact) mass is 971 g/mol. The predicted molar refractivity (Wildman–Crippen MR) is 256 cm³/mol. The molecule has 0 spiro atoms. The van der Waals surface area contributed by atoms with Gasteiger partial charge in [-0.15, -0.1) is 5.10 Å². The highest BCUT2D eigenvalue weighted by atomic mass is 16.5. The summed E-state index contributed by atoms with van der Waals surface area (Å²) in [5, 5.41) is 34.5. The molecule has 0 saturated carbocycles. The molecule has 14 N–H and O–H groups in total. The Morgan fingerprint density at radius 3 is 2.06 bits per heavy atom. The van der Waals surface area contributed by atoms with Crippen molar-refractivity contribution in [1.29, 1.82) is 0 Å². The number of azide groups is 1. The SMILES string of the molecule is CCCNC(=O)[C@H](CC(=O)NCCNCC[NH3+])NC(=O)[C@@H](CC(=O)NCCNCC[NH3+])CC(=O)[C@H](Cc1ccccc1)NC(=O)[C@@H](CC(C)C)NC(=O)CCCc1cn(CCOCCN=[N+]=[N-])nn1. The molecule has 2 rings (SSSR count). The largest absolute Gasteiger partial charge is 0.379 e. The molecule has 0 unspecified atom stereocenters. The molecule has 0 aliphatic rings. The zero-order valence-corrected chi connectivity index (χ0v) is 40.8. The van der Waals surface area contributed by atoms with Gasteiger partial charge in [-0.25, -0.2) is 4.68 Å². The third-order valence-corrected chi connectivity index (χ3v) is 10.4. The van der Waals surface area contributed by atoms with E-state index in [4.69, 9.17) is 10.3 Å². The Bertz CT molecular complexity index is 1900. The molecule has 0 bridgehead atoms. The van der Waals surface area contributed by atoms with Gasteiger partial charge in [0.05, 0.1) is 56.9 Å². The van der Waals surface area contributed by atoms with Crippen molar-refractivity contribution in [3.05, 3.63) is 58.2 Å². The van der Waals surface area contributed by atoms with E-state index in [9.17, 15) is 33.6 Å². The fraction of sp³-hybridized carbons (Fsp3) is 0.667. The number of ether oxygens (including phenoxy) is 1. The lowest BCUT2D eigenvalue weighted by molar-refractivity contribution is -0.365. The first kappa shape index (κ1) is 59.1. The maximum absolute atomic E-state index is 14.5. The van der Waals surface area contributed by atoms with Gasteiger partial charge in [0.25, 0.3) is 0 Å². The second-order valence-electron chi connectivity index (χ2n) is 16.9. The molecule has 0 aliphatic heterocycles. The van der Waals surface area contributed by atoms with Crippen LogP contribution in [0.4, 0.5) is 0 Å². The van der Waals surface area contributed by atoms with E-state index in [-0.39, 0.29) is 50.7 Å². The van der Waals surface area contributed by atoms with Crippen LogP contribution in [0.1, 0.15) is 77.0 Å². The van der Waals surface area contributed by atoms with Crippen LogP contribution in [-0.4, -0.2) is 153 Å². The zero-order chi connectivity index (χ0) is 50.7. The Morgan fingerprint density at radius 2 is 1.42 bits per heavy atom. The number of hydrogen-bond acceptors (Lipinski definition) is 13. The molecule has 6 amide bonds. The number of ketones is 1. The smallest absolute Gasteiger partial charge is 0.243 e. The van der Waals surface area contributed by atoms with E-state index in [2.05, 4.69) is 74.3 Å². The quantitative estimate of drug-likeness (QED) is 0.0143. The summed E-state index contributed by atoms with van der Waals surface area (Å²) < 4.78 is 7.03. The maximum atomic E-state index is 14.5. The molecule has 0 fully saturated rings. The first-order valence-electron chi connectivity index (χ1n) is 24.0. The molecule has 1 aromatic heterocycles. The van der Waals surface area contributed by atoms with Crippen LogP contribution < -0.4 is 54.0 Å². The van der Waals surface area contributed by atoms with E-state index in [1.54, 1.807) is 35.1 Å². The standard InChI is InChI=1S/C45H76N16O8/c1-4-15-53-44(67)38(30-42(65)52-21-19-50-17-14-47)57-43(66)34(29-41(64)51-20-18-49-16-13-46)28-39(62)36(27-33-9-6-5-7-10-33)56-45(68)37(26-32(2)3)55-40(63)12-8-11-35-31-61(60-58-35)23-25-69-24-22-54-59-48/h5-7,9-10,31-32,34,36-38,49-50H,4,8,11-30,46-47H2,1-3H3,(H,51,64)(H,52,65)(H,53,67)(H,55,63)(H,56,68)(H,57,66)/p+2/t34-,36+,37-,38+/m1/s1. The lowest BCUT2D eigenvalue weighted by Crippen LogP contribution is -2.55.